The molecule has 1 fully saturated rings. The Labute approximate surface area is 159 Å². The van der Waals surface area contributed by atoms with Gasteiger partial charge in [-0.15, -0.1) is 12.4 Å². The highest BCUT2D eigenvalue weighted by Crippen LogP contribution is 2.23. The number of nitrogens with two attached hydrogens (primary N) is 1. The number of hydrogen-bond donors (Lipinski definition) is 1. The SMILES string of the molecule is COCCC(Cc1cccc(Br)c1)C(=O)N1CCCCC1CN.Cl. The molecule has 4 nitrogen and oxygen atoms in total. The van der Waals surface area contributed by atoms with Crippen LogP contribution in [0.5, 0.6) is 0 Å². The maximum absolute atomic E-state index is 13.1. The molecule has 2 N–H and O–H groups in total. The van der Waals surface area contributed by atoms with Gasteiger partial charge in [-0.1, -0.05) is 28.1 Å². The molecule has 1 aliphatic heterocycles. The summed E-state index contributed by atoms with van der Waals surface area (Å²) in [6, 6.07) is 8.38. The van der Waals surface area contributed by atoms with Crippen LogP contribution in [0.25, 0.3) is 0 Å². The minimum atomic E-state index is -0.0450. The first-order valence-corrected chi connectivity index (χ1v) is 9.19. The molecule has 1 aliphatic rings. The normalized spacial score (nSPS) is 18.8. The molecular weight excluding hydrogens is 392 g/mol. The van der Waals surface area contributed by atoms with Crippen molar-refractivity contribution in [2.45, 2.75) is 38.1 Å². The number of likely N-dealkylation sites (tertiary alicyclic amines) is 1. The number of rotatable bonds is 7. The molecule has 136 valence electrons. The lowest BCUT2D eigenvalue weighted by atomic mass is 9.92. The molecule has 2 unspecified atom stereocenters. The van der Waals surface area contributed by atoms with Crippen LogP contribution in [0.15, 0.2) is 28.7 Å². The molecule has 2 atom stereocenters. The molecule has 1 saturated heterocycles. The summed E-state index contributed by atoms with van der Waals surface area (Å²) in [7, 11) is 1.68. The van der Waals surface area contributed by atoms with Gasteiger partial charge >= 0.3 is 0 Å². The summed E-state index contributed by atoms with van der Waals surface area (Å²) in [4.78, 5) is 15.1. The number of halogens is 2. The van der Waals surface area contributed by atoms with Crippen LogP contribution in [-0.2, 0) is 16.0 Å². The van der Waals surface area contributed by atoms with Crippen molar-refractivity contribution < 1.29 is 9.53 Å². The maximum atomic E-state index is 13.1. The first-order valence-electron chi connectivity index (χ1n) is 8.39. The molecule has 24 heavy (non-hydrogen) atoms. The first kappa shape index (κ1) is 21.4. The van der Waals surface area contributed by atoms with Crippen LogP contribution in [0, 0.1) is 5.92 Å². The van der Waals surface area contributed by atoms with Gasteiger partial charge in [-0.3, -0.25) is 4.79 Å². The Morgan fingerprint density at radius 1 is 1.46 bits per heavy atom. The Balaban J connectivity index is 0.00000288. The van der Waals surface area contributed by atoms with E-state index >= 15 is 0 Å². The van der Waals surface area contributed by atoms with Crippen molar-refractivity contribution in [3.8, 4) is 0 Å². The second-order valence-corrected chi connectivity index (χ2v) is 7.15. The molecule has 6 heteroatoms. The van der Waals surface area contributed by atoms with Gasteiger partial charge in [0, 0.05) is 43.2 Å². The van der Waals surface area contributed by atoms with E-state index in [9.17, 15) is 4.79 Å². The van der Waals surface area contributed by atoms with Gasteiger partial charge in [0.25, 0.3) is 0 Å². The lowest BCUT2D eigenvalue weighted by Crippen LogP contribution is -2.50. The van der Waals surface area contributed by atoms with E-state index < -0.39 is 0 Å². The van der Waals surface area contributed by atoms with Crippen molar-refractivity contribution in [2.75, 3.05) is 26.8 Å². The van der Waals surface area contributed by atoms with Crippen LogP contribution in [0.2, 0.25) is 0 Å². The summed E-state index contributed by atoms with van der Waals surface area (Å²) in [6.45, 7) is 1.99. The van der Waals surface area contributed by atoms with Crippen LogP contribution < -0.4 is 5.73 Å². The van der Waals surface area contributed by atoms with Crippen LogP contribution >= 0.6 is 28.3 Å². The Bertz CT molecular complexity index is 516. The van der Waals surface area contributed by atoms with Crippen LogP contribution in [0.3, 0.4) is 0 Å². The highest BCUT2D eigenvalue weighted by molar-refractivity contribution is 9.10. The Morgan fingerprint density at radius 2 is 2.25 bits per heavy atom. The number of amides is 1. The molecule has 0 spiro atoms. The maximum Gasteiger partial charge on any atom is 0.226 e. The average Bonchev–Trinajstić information content (AvgIpc) is 2.58. The van der Waals surface area contributed by atoms with E-state index in [1.165, 1.54) is 12.0 Å². The largest absolute Gasteiger partial charge is 0.385 e. The highest BCUT2D eigenvalue weighted by atomic mass is 79.9. The molecule has 0 aliphatic carbocycles. The number of benzene rings is 1. The third kappa shape index (κ3) is 6.03. The van der Waals surface area contributed by atoms with Gasteiger partial charge in [0.1, 0.15) is 0 Å². The zero-order valence-electron chi connectivity index (χ0n) is 14.2. The molecule has 1 aromatic rings. The minimum Gasteiger partial charge on any atom is -0.385 e. The van der Waals surface area contributed by atoms with Crippen LogP contribution in [0.4, 0.5) is 0 Å². The van der Waals surface area contributed by atoms with E-state index in [1.807, 2.05) is 17.0 Å². The Morgan fingerprint density at radius 3 is 2.92 bits per heavy atom. The molecule has 1 heterocycles. The predicted octanol–water partition coefficient (Wildman–Crippen LogP) is 3.41. The predicted molar refractivity (Wildman–Crippen MR) is 103 cm³/mol. The number of ether oxygens (including phenoxy) is 1. The summed E-state index contributed by atoms with van der Waals surface area (Å²) in [6.07, 6.45) is 4.76. The average molecular weight is 420 g/mol. The monoisotopic (exact) mass is 418 g/mol. The van der Waals surface area contributed by atoms with E-state index in [0.29, 0.717) is 13.2 Å². The Kier molecular flexibility index (Phi) is 9.89. The standard InChI is InChI=1S/C18H27BrN2O2.ClH/c1-23-10-8-15(11-14-5-4-6-16(19)12-14)18(22)21-9-3-2-7-17(21)13-20;/h4-6,12,15,17H,2-3,7-11,13,20H2,1H3;1H. The number of piperidine rings is 1. The van der Waals surface area contributed by atoms with Gasteiger partial charge in [-0.2, -0.15) is 0 Å². The topological polar surface area (TPSA) is 55.6 Å². The fourth-order valence-electron chi connectivity index (χ4n) is 3.29. The highest BCUT2D eigenvalue weighted by Gasteiger charge is 2.30. The molecule has 0 saturated carbocycles. The zero-order chi connectivity index (χ0) is 16.7. The third-order valence-corrected chi connectivity index (χ3v) is 5.07. The zero-order valence-corrected chi connectivity index (χ0v) is 16.7. The van der Waals surface area contributed by atoms with E-state index in [-0.39, 0.29) is 30.3 Å². The quantitative estimate of drug-likeness (QED) is 0.737. The molecular formula is C18H28BrClN2O2. The minimum absolute atomic E-state index is 0. The smallest absolute Gasteiger partial charge is 0.226 e. The van der Waals surface area contributed by atoms with Crippen molar-refractivity contribution in [2.24, 2.45) is 11.7 Å². The van der Waals surface area contributed by atoms with Crippen molar-refractivity contribution in [3.63, 3.8) is 0 Å². The molecule has 0 radical (unpaired) electrons. The fraction of sp³-hybridized carbons (Fsp3) is 0.611. The number of hydrogen-bond acceptors (Lipinski definition) is 3. The van der Waals surface area contributed by atoms with Crippen LogP contribution in [-0.4, -0.2) is 43.7 Å². The van der Waals surface area contributed by atoms with Gasteiger partial charge in [0.15, 0.2) is 0 Å². The van der Waals surface area contributed by atoms with Gasteiger partial charge in [-0.25, -0.2) is 0 Å². The summed E-state index contributed by atoms with van der Waals surface area (Å²) in [5.74, 6) is 0.188. The van der Waals surface area contributed by atoms with Crippen molar-refractivity contribution in [3.05, 3.63) is 34.3 Å². The molecule has 1 aromatic carbocycles. The molecule has 0 bridgehead atoms. The summed E-state index contributed by atoms with van der Waals surface area (Å²) >= 11 is 3.50. The third-order valence-electron chi connectivity index (χ3n) is 4.57. The van der Waals surface area contributed by atoms with Gasteiger partial charge in [-0.05, 0) is 49.8 Å². The van der Waals surface area contributed by atoms with E-state index in [0.717, 1.165) is 36.7 Å². The number of carbonyl (C=O) groups is 1. The summed E-state index contributed by atoms with van der Waals surface area (Å²) in [5, 5.41) is 0. The number of methoxy groups -OCH3 is 1. The number of carbonyl (C=O) groups excluding carboxylic acids is 1. The van der Waals surface area contributed by atoms with E-state index in [2.05, 4.69) is 28.1 Å². The number of nitrogens with zero attached hydrogens (tertiary/aromatic N) is 1. The van der Waals surface area contributed by atoms with Gasteiger partial charge in [0.2, 0.25) is 5.91 Å². The summed E-state index contributed by atoms with van der Waals surface area (Å²) in [5.41, 5.74) is 7.06. The van der Waals surface area contributed by atoms with Crippen molar-refractivity contribution in [1.29, 1.82) is 0 Å². The molecule has 0 aromatic heterocycles. The van der Waals surface area contributed by atoms with Gasteiger partial charge < -0.3 is 15.4 Å². The van der Waals surface area contributed by atoms with Crippen molar-refractivity contribution in [1.82, 2.24) is 4.90 Å². The van der Waals surface area contributed by atoms with Gasteiger partial charge in [0.05, 0.1) is 0 Å². The Hall–Kier alpha value is -0.620. The second-order valence-electron chi connectivity index (χ2n) is 6.23. The lowest BCUT2D eigenvalue weighted by Gasteiger charge is -2.37. The van der Waals surface area contributed by atoms with E-state index in [1.54, 1.807) is 7.11 Å². The fourth-order valence-corrected chi connectivity index (χ4v) is 3.74. The summed E-state index contributed by atoms with van der Waals surface area (Å²) < 4.78 is 6.27. The van der Waals surface area contributed by atoms with Crippen molar-refractivity contribution >= 4 is 34.2 Å². The first-order chi connectivity index (χ1) is 11.2. The lowest BCUT2D eigenvalue weighted by molar-refractivity contribution is -0.139. The van der Waals surface area contributed by atoms with E-state index in [4.69, 9.17) is 10.5 Å². The van der Waals surface area contributed by atoms with Crippen LogP contribution in [0.1, 0.15) is 31.2 Å². The molecule has 1 amide bonds. The second kappa shape index (κ2) is 11.1. The molecule has 2 rings (SSSR count).